The number of hydrogen-bond donors (Lipinski definition) is 2. The molecule has 0 aliphatic heterocycles. The predicted octanol–water partition coefficient (Wildman–Crippen LogP) is 0.994. The number of nitrogens with two attached hydrogens (primary N) is 1. The van der Waals surface area contributed by atoms with Crippen molar-refractivity contribution < 1.29 is 9.53 Å². The Kier molecular flexibility index (Phi) is 4.49. The number of amides is 1. The van der Waals surface area contributed by atoms with Crippen LogP contribution in [0, 0.1) is 0 Å². The molecule has 1 heterocycles. The molecule has 0 bridgehead atoms. The van der Waals surface area contributed by atoms with Crippen LogP contribution in [0.1, 0.15) is 5.56 Å². The third-order valence-electron chi connectivity index (χ3n) is 2.80. The Labute approximate surface area is 117 Å². The van der Waals surface area contributed by atoms with E-state index in [0.29, 0.717) is 18.1 Å². The van der Waals surface area contributed by atoms with Crippen molar-refractivity contribution in [2.24, 2.45) is 5.73 Å². The van der Waals surface area contributed by atoms with Crippen LogP contribution in [0.4, 0.5) is 5.82 Å². The van der Waals surface area contributed by atoms with Crippen LogP contribution in [-0.4, -0.2) is 29.0 Å². The van der Waals surface area contributed by atoms with Crippen LogP contribution in [0.15, 0.2) is 42.7 Å². The number of anilines is 1. The highest BCUT2D eigenvalue weighted by Gasteiger charge is 2.16. The molecule has 3 N–H and O–H groups in total. The molecule has 0 unspecified atom stereocenters. The molecule has 0 saturated carbocycles. The van der Waals surface area contributed by atoms with Gasteiger partial charge in [0, 0.05) is 12.5 Å². The predicted molar refractivity (Wildman–Crippen MR) is 75.3 cm³/mol. The Bertz CT molecular complexity index is 574. The average molecular weight is 272 g/mol. The van der Waals surface area contributed by atoms with E-state index in [1.165, 1.54) is 13.4 Å². The molecule has 6 heteroatoms. The highest BCUT2D eigenvalue weighted by molar-refractivity contribution is 5.83. The number of ether oxygens (including phenoxy) is 1. The first-order valence-corrected chi connectivity index (χ1v) is 6.15. The number of nitrogens with zero attached hydrogens (tertiary/aromatic N) is 2. The van der Waals surface area contributed by atoms with Crippen LogP contribution in [0.2, 0.25) is 0 Å². The first-order chi connectivity index (χ1) is 9.69. The molecule has 0 aliphatic carbocycles. The van der Waals surface area contributed by atoms with Crippen molar-refractivity contribution in [3.05, 3.63) is 48.3 Å². The van der Waals surface area contributed by atoms with Crippen LogP contribution in [0.25, 0.3) is 0 Å². The Morgan fingerprint density at radius 1 is 1.35 bits per heavy atom. The number of nitrogens with one attached hydrogen (secondary N) is 1. The molecule has 0 radical (unpaired) electrons. The Morgan fingerprint density at radius 3 is 2.75 bits per heavy atom. The van der Waals surface area contributed by atoms with Crippen molar-refractivity contribution in [1.29, 1.82) is 0 Å². The fourth-order valence-electron chi connectivity index (χ4n) is 1.78. The second-order valence-corrected chi connectivity index (χ2v) is 4.23. The quantitative estimate of drug-likeness (QED) is 0.818. The molecule has 0 saturated heterocycles. The summed E-state index contributed by atoms with van der Waals surface area (Å²) in [6, 6.07) is 10.7. The number of benzene rings is 1. The zero-order valence-electron chi connectivity index (χ0n) is 11.1. The van der Waals surface area contributed by atoms with Crippen LogP contribution >= 0.6 is 0 Å². The number of carbonyl (C=O) groups is 1. The molecular weight excluding hydrogens is 256 g/mol. The van der Waals surface area contributed by atoms with E-state index in [-0.39, 0.29) is 0 Å². The normalized spacial score (nSPS) is 11.7. The molecule has 1 aromatic carbocycles. The molecule has 104 valence electrons. The Balaban J connectivity index is 2.11. The van der Waals surface area contributed by atoms with Crippen molar-refractivity contribution in [3.8, 4) is 5.88 Å². The fraction of sp³-hybridized carbons (Fsp3) is 0.214. The summed E-state index contributed by atoms with van der Waals surface area (Å²) in [5.41, 5.74) is 6.45. The topological polar surface area (TPSA) is 90.1 Å². The van der Waals surface area contributed by atoms with Gasteiger partial charge in [-0.3, -0.25) is 4.79 Å². The molecule has 2 rings (SSSR count). The maximum atomic E-state index is 11.5. The average Bonchev–Trinajstić information content (AvgIpc) is 2.48. The van der Waals surface area contributed by atoms with Gasteiger partial charge in [0.05, 0.1) is 7.11 Å². The molecule has 0 aliphatic rings. The van der Waals surface area contributed by atoms with E-state index in [0.717, 1.165) is 5.56 Å². The first kappa shape index (κ1) is 13.8. The largest absolute Gasteiger partial charge is 0.481 e. The summed E-state index contributed by atoms with van der Waals surface area (Å²) in [6.45, 7) is 0. The first-order valence-electron chi connectivity index (χ1n) is 6.15. The molecule has 0 spiro atoms. The summed E-state index contributed by atoms with van der Waals surface area (Å²) < 4.78 is 5.01. The summed E-state index contributed by atoms with van der Waals surface area (Å²) in [6.07, 6.45) is 1.85. The molecule has 1 aromatic heterocycles. The molecule has 2 aromatic rings. The zero-order chi connectivity index (χ0) is 14.4. The highest BCUT2D eigenvalue weighted by atomic mass is 16.5. The van der Waals surface area contributed by atoms with Crippen LogP contribution in [-0.2, 0) is 11.2 Å². The summed E-state index contributed by atoms with van der Waals surface area (Å²) in [4.78, 5) is 19.5. The number of methoxy groups -OCH3 is 1. The maximum absolute atomic E-state index is 11.5. The molecular formula is C14H16N4O2. The Morgan fingerprint density at radius 2 is 2.10 bits per heavy atom. The van der Waals surface area contributed by atoms with Crippen molar-refractivity contribution in [2.45, 2.75) is 12.5 Å². The lowest BCUT2D eigenvalue weighted by Crippen LogP contribution is -2.37. The molecule has 20 heavy (non-hydrogen) atoms. The van der Waals surface area contributed by atoms with Gasteiger partial charge < -0.3 is 15.8 Å². The number of carbonyl (C=O) groups excluding carboxylic acids is 1. The van der Waals surface area contributed by atoms with Crippen molar-refractivity contribution >= 4 is 11.7 Å². The summed E-state index contributed by atoms with van der Waals surface area (Å²) in [7, 11) is 1.52. The second-order valence-electron chi connectivity index (χ2n) is 4.23. The van der Waals surface area contributed by atoms with Gasteiger partial charge in [-0.2, -0.15) is 0 Å². The summed E-state index contributed by atoms with van der Waals surface area (Å²) >= 11 is 0. The van der Waals surface area contributed by atoms with E-state index in [1.807, 2.05) is 30.3 Å². The van der Waals surface area contributed by atoms with Gasteiger partial charge in [-0.05, 0) is 5.56 Å². The van der Waals surface area contributed by atoms with Gasteiger partial charge in [-0.1, -0.05) is 30.3 Å². The van der Waals surface area contributed by atoms with Gasteiger partial charge in [-0.25, -0.2) is 9.97 Å². The van der Waals surface area contributed by atoms with Crippen molar-refractivity contribution in [2.75, 3.05) is 12.4 Å². The monoisotopic (exact) mass is 272 g/mol. The van der Waals surface area contributed by atoms with E-state index in [1.54, 1.807) is 6.07 Å². The highest BCUT2D eigenvalue weighted by Crippen LogP contribution is 2.13. The number of aromatic nitrogens is 2. The van der Waals surface area contributed by atoms with Crippen LogP contribution in [0.3, 0.4) is 0 Å². The van der Waals surface area contributed by atoms with Gasteiger partial charge >= 0.3 is 0 Å². The number of rotatable bonds is 6. The van der Waals surface area contributed by atoms with Gasteiger partial charge in [0.25, 0.3) is 0 Å². The van der Waals surface area contributed by atoms with Gasteiger partial charge in [0.1, 0.15) is 18.2 Å². The summed E-state index contributed by atoms with van der Waals surface area (Å²) in [5, 5.41) is 3.00. The van der Waals surface area contributed by atoms with Crippen LogP contribution in [0.5, 0.6) is 5.88 Å². The molecule has 0 fully saturated rings. The SMILES string of the molecule is COc1cc(N[C@@H](Cc2ccccc2)C(N)=O)ncn1. The lowest BCUT2D eigenvalue weighted by molar-refractivity contribution is -0.118. The van der Waals surface area contributed by atoms with E-state index >= 15 is 0 Å². The standard InChI is InChI=1S/C14H16N4O2/c1-20-13-8-12(16-9-17-13)18-11(14(15)19)7-10-5-3-2-4-6-10/h2-6,8-9,11H,7H2,1H3,(H2,15,19)(H,16,17,18)/t11-/m0/s1. The van der Waals surface area contributed by atoms with Crippen LogP contribution < -0.4 is 15.8 Å². The number of hydrogen-bond acceptors (Lipinski definition) is 5. The van der Waals surface area contributed by atoms with Gasteiger partial charge in [-0.15, -0.1) is 0 Å². The van der Waals surface area contributed by atoms with E-state index in [9.17, 15) is 4.79 Å². The Hall–Kier alpha value is -2.63. The smallest absolute Gasteiger partial charge is 0.240 e. The second kappa shape index (κ2) is 6.51. The molecule has 1 amide bonds. The third kappa shape index (κ3) is 3.68. The zero-order valence-corrected chi connectivity index (χ0v) is 11.1. The van der Waals surface area contributed by atoms with Crippen molar-refractivity contribution in [1.82, 2.24) is 9.97 Å². The third-order valence-corrected chi connectivity index (χ3v) is 2.80. The fourth-order valence-corrected chi connectivity index (χ4v) is 1.78. The molecule has 6 nitrogen and oxygen atoms in total. The van der Waals surface area contributed by atoms with E-state index < -0.39 is 11.9 Å². The van der Waals surface area contributed by atoms with E-state index in [2.05, 4.69) is 15.3 Å². The lowest BCUT2D eigenvalue weighted by atomic mass is 10.1. The maximum Gasteiger partial charge on any atom is 0.240 e. The minimum Gasteiger partial charge on any atom is -0.481 e. The summed E-state index contributed by atoms with van der Waals surface area (Å²) in [5.74, 6) is 0.480. The van der Waals surface area contributed by atoms with E-state index in [4.69, 9.17) is 10.5 Å². The van der Waals surface area contributed by atoms with Gasteiger partial charge in [0.2, 0.25) is 11.8 Å². The lowest BCUT2D eigenvalue weighted by Gasteiger charge is -2.16. The van der Waals surface area contributed by atoms with Gasteiger partial charge in [0.15, 0.2) is 0 Å². The molecule has 1 atom stereocenters. The number of primary amides is 1. The minimum atomic E-state index is -0.544. The van der Waals surface area contributed by atoms with Crippen molar-refractivity contribution in [3.63, 3.8) is 0 Å². The minimum absolute atomic E-state index is 0.422.